The average molecular weight is 257 g/mol. The van der Waals surface area contributed by atoms with Gasteiger partial charge in [-0.3, -0.25) is 4.79 Å². The molecule has 1 aliphatic rings. The van der Waals surface area contributed by atoms with E-state index in [0.29, 0.717) is 6.42 Å². The van der Waals surface area contributed by atoms with Crippen LogP contribution >= 0.6 is 0 Å². The fraction of sp³-hybridized carbons (Fsp3) is 0.462. The first-order valence-corrected chi connectivity index (χ1v) is 5.90. The quantitative estimate of drug-likeness (QED) is 0.797. The number of carbonyl (C=O) groups is 1. The molecule has 0 N–H and O–H groups in total. The van der Waals surface area contributed by atoms with Crippen molar-refractivity contribution in [3.05, 3.63) is 35.4 Å². The van der Waals surface area contributed by atoms with Crippen molar-refractivity contribution < 1.29 is 18.0 Å². The van der Waals surface area contributed by atoms with Crippen LogP contribution in [0.15, 0.2) is 24.3 Å². The van der Waals surface area contributed by atoms with E-state index in [9.17, 15) is 18.0 Å². The molecule has 1 aromatic rings. The number of benzene rings is 1. The van der Waals surface area contributed by atoms with E-state index >= 15 is 0 Å². The summed E-state index contributed by atoms with van der Waals surface area (Å²) in [6, 6.07) is 6.92. The number of fused-ring (bicyclic) bond motifs is 1. The van der Waals surface area contributed by atoms with Crippen LogP contribution < -0.4 is 0 Å². The molecule has 98 valence electrons. The lowest BCUT2D eigenvalue weighted by molar-refractivity contribution is -0.187. The Bertz CT molecular complexity index is 456. The molecular weight excluding hydrogens is 243 g/mol. The number of nitrogens with zero attached hydrogens (tertiary/aromatic N) is 1. The largest absolute Gasteiger partial charge is 0.471 e. The minimum Gasteiger partial charge on any atom is -0.328 e. The number of hydrogen-bond acceptors (Lipinski definition) is 1. The second-order valence-corrected chi connectivity index (χ2v) is 4.34. The van der Waals surface area contributed by atoms with Crippen LogP contribution in [0.1, 0.15) is 30.5 Å². The number of alkyl halides is 3. The van der Waals surface area contributed by atoms with E-state index in [1.54, 1.807) is 19.1 Å². The summed E-state index contributed by atoms with van der Waals surface area (Å²) in [7, 11) is 0. The third-order valence-electron chi connectivity index (χ3n) is 3.32. The van der Waals surface area contributed by atoms with E-state index in [2.05, 4.69) is 0 Å². The lowest BCUT2D eigenvalue weighted by Crippen LogP contribution is -2.42. The van der Waals surface area contributed by atoms with Gasteiger partial charge >= 0.3 is 12.1 Å². The highest BCUT2D eigenvalue weighted by molar-refractivity contribution is 5.82. The summed E-state index contributed by atoms with van der Waals surface area (Å²) in [6.45, 7) is 1.64. The lowest BCUT2D eigenvalue weighted by Gasteiger charge is -2.29. The van der Waals surface area contributed by atoms with Crippen LogP contribution in [0.5, 0.6) is 0 Å². The van der Waals surface area contributed by atoms with Crippen LogP contribution in [0.2, 0.25) is 0 Å². The third kappa shape index (κ3) is 2.21. The first-order valence-electron chi connectivity index (χ1n) is 5.90. The van der Waals surface area contributed by atoms with Crippen molar-refractivity contribution in [3.8, 4) is 0 Å². The van der Waals surface area contributed by atoms with E-state index < -0.39 is 18.1 Å². The zero-order valence-corrected chi connectivity index (χ0v) is 10.00. The molecule has 0 saturated heterocycles. The van der Waals surface area contributed by atoms with Gasteiger partial charge < -0.3 is 4.90 Å². The predicted octanol–water partition coefficient (Wildman–Crippen LogP) is 3.08. The first kappa shape index (κ1) is 12.9. The molecule has 1 aromatic carbocycles. The van der Waals surface area contributed by atoms with Gasteiger partial charge in [-0.25, -0.2) is 0 Å². The molecule has 1 aliphatic carbocycles. The zero-order valence-electron chi connectivity index (χ0n) is 10.00. The summed E-state index contributed by atoms with van der Waals surface area (Å²) in [5.74, 6) is -1.74. The van der Waals surface area contributed by atoms with Gasteiger partial charge in [0, 0.05) is 6.54 Å². The summed E-state index contributed by atoms with van der Waals surface area (Å²) in [4.78, 5) is 12.3. The van der Waals surface area contributed by atoms with Crippen LogP contribution in [0.25, 0.3) is 0 Å². The summed E-state index contributed by atoms with van der Waals surface area (Å²) in [5.41, 5.74) is 1.88. The number of rotatable bonds is 2. The highest BCUT2D eigenvalue weighted by atomic mass is 19.4. The van der Waals surface area contributed by atoms with E-state index in [1.807, 2.05) is 12.1 Å². The van der Waals surface area contributed by atoms with Crippen molar-refractivity contribution in [2.24, 2.45) is 0 Å². The molecule has 0 spiro atoms. The van der Waals surface area contributed by atoms with E-state index in [1.165, 1.54) is 0 Å². The number of aryl methyl sites for hydroxylation is 1. The standard InChI is InChI=1S/C13H14F3NO/c1-2-17(12(18)13(14,15)16)11-8-7-9-5-3-4-6-10(9)11/h3-6,11H,2,7-8H2,1H3/t11-/m1/s1. The fourth-order valence-electron chi connectivity index (χ4n) is 2.53. The van der Waals surface area contributed by atoms with Crippen molar-refractivity contribution >= 4 is 5.91 Å². The molecule has 0 saturated carbocycles. The number of hydrogen-bond donors (Lipinski definition) is 0. The van der Waals surface area contributed by atoms with Crippen LogP contribution in [0.3, 0.4) is 0 Å². The monoisotopic (exact) mass is 257 g/mol. The Kier molecular flexibility index (Phi) is 3.32. The van der Waals surface area contributed by atoms with Crippen molar-refractivity contribution in [2.45, 2.75) is 32.0 Å². The van der Waals surface area contributed by atoms with Crippen molar-refractivity contribution in [2.75, 3.05) is 6.54 Å². The molecule has 18 heavy (non-hydrogen) atoms. The minimum atomic E-state index is -4.80. The summed E-state index contributed by atoms with van der Waals surface area (Å²) < 4.78 is 37.6. The fourth-order valence-corrected chi connectivity index (χ4v) is 2.53. The smallest absolute Gasteiger partial charge is 0.328 e. The Morgan fingerprint density at radius 1 is 1.39 bits per heavy atom. The van der Waals surface area contributed by atoms with Gasteiger partial charge in [-0.15, -0.1) is 0 Å². The Hall–Kier alpha value is -1.52. The first-order chi connectivity index (χ1) is 8.45. The molecule has 2 nitrogen and oxygen atoms in total. The Balaban J connectivity index is 2.29. The van der Waals surface area contributed by atoms with Gasteiger partial charge in [0.05, 0.1) is 6.04 Å². The van der Waals surface area contributed by atoms with Gasteiger partial charge in [-0.1, -0.05) is 24.3 Å². The van der Waals surface area contributed by atoms with E-state index in [-0.39, 0.29) is 6.54 Å². The summed E-state index contributed by atoms with van der Waals surface area (Å²) >= 11 is 0. The van der Waals surface area contributed by atoms with E-state index in [4.69, 9.17) is 0 Å². The molecule has 0 aliphatic heterocycles. The Labute approximate surface area is 103 Å². The zero-order chi connectivity index (χ0) is 13.3. The molecule has 0 unspecified atom stereocenters. The van der Waals surface area contributed by atoms with Crippen LogP contribution in [0.4, 0.5) is 13.2 Å². The van der Waals surface area contributed by atoms with Crippen LogP contribution in [-0.4, -0.2) is 23.5 Å². The number of halogens is 3. The van der Waals surface area contributed by atoms with Crippen molar-refractivity contribution in [1.29, 1.82) is 0 Å². The molecule has 0 bridgehead atoms. The van der Waals surface area contributed by atoms with Gasteiger partial charge in [0.1, 0.15) is 0 Å². The Morgan fingerprint density at radius 3 is 2.67 bits per heavy atom. The second kappa shape index (κ2) is 4.63. The van der Waals surface area contributed by atoms with Gasteiger partial charge in [-0.2, -0.15) is 13.2 Å². The molecular formula is C13H14F3NO. The minimum absolute atomic E-state index is 0.0668. The highest BCUT2D eigenvalue weighted by Crippen LogP contribution is 2.37. The summed E-state index contributed by atoms with van der Waals surface area (Å²) in [5, 5.41) is 0. The highest BCUT2D eigenvalue weighted by Gasteiger charge is 2.45. The molecule has 0 fully saturated rings. The molecule has 0 heterocycles. The molecule has 5 heteroatoms. The van der Waals surface area contributed by atoms with Crippen LogP contribution in [0, 0.1) is 0 Å². The maximum atomic E-state index is 12.5. The summed E-state index contributed by atoms with van der Waals surface area (Å²) in [6.07, 6.45) is -3.51. The lowest BCUT2D eigenvalue weighted by atomic mass is 10.1. The Morgan fingerprint density at radius 2 is 2.06 bits per heavy atom. The van der Waals surface area contributed by atoms with Gasteiger partial charge in [0.15, 0.2) is 0 Å². The van der Waals surface area contributed by atoms with Crippen LogP contribution in [-0.2, 0) is 11.2 Å². The molecule has 0 aromatic heterocycles. The second-order valence-electron chi connectivity index (χ2n) is 4.34. The topological polar surface area (TPSA) is 20.3 Å². The maximum absolute atomic E-state index is 12.5. The van der Waals surface area contributed by atoms with Gasteiger partial charge in [0.2, 0.25) is 0 Å². The molecule has 0 radical (unpaired) electrons. The van der Waals surface area contributed by atoms with E-state index in [0.717, 1.165) is 22.4 Å². The van der Waals surface area contributed by atoms with Crippen molar-refractivity contribution in [3.63, 3.8) is 0 Å². The number of amides is 1. The third-order valence-corrected chi connectivity index (χ3v) is 3.32. The predicted molar refractivity (Wildman–Crippen MR) is 60.9 cm³/mol. The maximum Gasteiger partial charge on any atom is 0.471 e. The molecule has 2 rings (SSSR count). The molecule has 1 amide bonds. The number of carbonyl (C=O) groups excluding carboxylic acids is 1. The average Bonchev–Trinajstić information content (AvgIpc) is 2.73. The normalized spacial score (nSPS) is 18.6. The van der Waals surface area contributed by atoms with Crippen molar-refractivity contribution in [1.82, 2.24) is 4.90 Å². The molecule has 1 atom stereocenters. The SMILES string of the molecule is CCN(C(=O)C(F)(F)F)[C@@H]1CCc2ccccc21. The van der Waals surface area contributed by atoms with Gasteiger partial charge in [0.25, 0.3) is 0 Å². The van der Waals surface area contributed by atoms with Gasteiger partial charge in [-0.05, 0) is 30.9 Å².